The number of hydrogen-bond acceptors (Lipinski definition) is 5. The van der Waals surface area contributed by atoms with E-state index in [4.69, 9.17) is 0 Å². The largest absolute Gasteiger partial charge is 0.338 e. The standard InChI is InChI=1S/C14H17F2N5OS/c1-9-6-10(2)19-14(18-9)23-8-12(22)20(3)7-11-17-4-5-21(11)13(15)16/h4-6,13H,7-8H2,1-3H3. The van der Waals surface area contributed by atoms with Crippen LogP contribution in [0.2, 0.25) is 0 Å². The molecule has 0 aliphatic rings. The van der Waals surface area contributed by atoms with Crippen molar-refractivity contribution >= 4 is 17.7 Å². The molecule has 0 aliphatic heterocycles. The second kappa shape index (κ2) is 7.49. The van der Waals surface area contributed by atoms with Gasteiger partial charge in [0.1, 0.15) is 5.82 Å². The third kappa shape index (κ3) is 4.72. The fourth-order valence-corrected chi connectivity index (χ4v) is 2.83. The van der Waals surface area contributed by atoms with Gasteiger partial charge in [-0.05, 0) is 19.9 Å². The molecule has 0 N–H and O–H groups in total. The fourth-order valence-electron chi connectivity index (χ4n) is 1.94. The van der Waals surface area contributed by atoms with Gasteiger partial charge < -0.3 is 4.90 Å². The monoisotopic (exact) mass is 341 g/mol. The summed E-state index contributed by atoms with van der Waals surface area (Å²) in [6.45, 7) is 1.06. The number of nitrogens with zero attached hydrogens (tertiary/aromatic N) is 5. The van der Waals surface area contributed by atoms with Crippen LogP contribution in [0, 0.1) is 13.8 Å². The lowest BCUT2D eigenvalue weighted by Crippen LogP contribution is -2.29. The number of halogens is 2. The predicted octanol–water partition coefficient (Wildman–Crippen LogP) is 2.44. The number of carbonyl (C=O) groups excluding carboxylic acids is 1. The average Bonchev–Trinajstić information content (AvgIpc) is 2.92. The van der Waals surface area contributed by atoms with E-state index in [1.165, 1.54) is 29.1 Å². The first-order chi connectivity index (χ1) is 10.9. The highest BCUT2D eigenvalue weighted by Crippen LogP contribution is 2.16. The van der Waals surface area contributed by atoms with Crippen LogP contribution >= 0.6 is 11.8 Å². The highest BCUT2D eigenvalue weighted by molar-refractivity contribution is 7.99. The van der Waals surface area contributed by atoms with E-state index in [1.54, 1.807) is 7.05 Å². The molecule has 0 aromatic carbocycles. The summed E-state index contributed by atoms with van der Waals surface area (Å²) in [6.07, 6.45) is 2.48. The molecular weight excluding hydrogens is 324 g/mol. The number of aryl methyl sites for hydroxylation is 2. The van der Waals surface area contributed by atoms with Crippen molar-refractivity contribution in [2.24, 2.45) is 0 Å². The molecule has 0 saturated heterocycles. The molecule has 2 rings (SSSR count). The van der Waals surface area contributed by atoms with Crippen molar-refractivity contribution in [2.75, 3.05) is 12.8 Å². The van der Waals surface area contributed by atoms with Gasteiger partial charge in [-0.1, -0.05) is 11.8 Å². The first-order valence-electron chi connectivity index (χ1n) is 6.85. The van der Waals surface area contributed by atoms with Crippen LogP contribution in [0.15, 0.2) is 23.6 Å². The van der Waals surface area contributed by atoms with Crippen LogP contribution in [0.5, 0.6) is 0 Å². The minimum Gasteiger partial charge on any atom is -0.338 e. The maximum atomic E-state index is 12.8. The minimum atomic E-state index is -2.67. The first kappa shape index (κ1) is 17.3. The van der Waals surface area contributed by atoms with Crippen molar-refractivity contribution in [3.63, 3.8) is 0 Å². The highest BCUT2D eigenvalue weighted by atomic mass is 32.2. The quantitative estimate of drug-likeness (QED) is 0.596. The van der Waals surface area contributed by atoms with Crippen molar-refractivity contribution in [3.05, 3.63) is 35.7 Å². The van der Waals surface area contributed by atoms with Gasteiger partial charge in [-0.2, -0.15) is 8.78 Å². The third-order valence-corrected chi connectivity index (χ3v) is 3.88. The van der Waals surface area contributed by atoms with Crippen molar-refractivity contribution in [1.82, 2.24) is 24.4 Å². The van der Waals surface area contributed by atoms with Gasteiger partial charge in [0.2, 0.25) is 5.91 Å². The third-order valence-electron chi connectivity index (χ3n) is 3.05. The lowest BCUT2D eigenvalue weighted by molar-refractivity contribution is -0.127. The fraction of sp³-hybridized carbons (Fsp3) is 0.429. The Bertz CT molecular complexity index is 671. The smallest absolute Gasteiger partial charge is 0.319 e. The van der Waals surface area contributed by atoms with Crippen molar-refractivity contribution in [1.29, 1.82) is 0 Å². The maximum Gasteiger partial charge on any atom is 0.319 e. The molecule has 0 radical (unpaired) electrons. The van der Waals surface area contributed by atoms with Gasteiger partial charge in [-0.3, -0.25) is 9.36 Å². The zero-order chi connectivity index (χ0) is 17.0. The van der Waals surface area contributed by atoms with Gasteiger partial charge in [0.05, 0.1) is 12.3 Å². The second-order valence-electron chi connectivity index (χ2n) is 5.00. The van der Waals surface area contributed by atoms with Gasteiger partial charge in [-0.15, -0.1) is 0 Å². The van der Waals surface area contributed by atoms with Gasteiger partial charge in [0, 0.05) is 30.8 Å². The molecule has 0 bridgehead atoms. The number of hydrogen-bond donors (Lipinski definition) is 0. The van der Waals surface area contributed by atoms with Crippen LogP contribution in [-0.4, -0.2) is 43.1 Å². The predicted molar refractivity (Wildman–Crippen MR) is 82.2 cm³/mol. The Hall–Kier alpha value is -2.03. The number of thioether (sulfide) groups is 1. The van der Waals surface area contributed by atoms with E-state index in [9.17, 15) is 13.6 Å². The molecule has 1 amide bonds. The summed E-state index contributed by atoms with van der Waals surface area (Å²) >= 11 is 1.22. The van der Waals surface area contributed by atoms with E-state index in [0.29, 0.717) is 5.16 Å². The molecule has 0 spiro atoms. The lowest BCUT2D eigenvalue weighted by atomic mass is 10.4. The van der Waals surface area contributed by atoms with Crippen molar-refractivity contribution in [2.45, 2.75) is 32.1 Å². The number of carbonyl (C=O) groups is 1. The molecule has 124 valence electrons. The molecule has 0 aliphatic carbocycles. The average molecular weight is 341 g/mol. The number of alkyl halides is 2. The minimum absolute atomic E-state index is 0.0183. The number of amides is 1. The number of aromatic nitrogens is 4. The van der Waals surface area contributed by atoms with Gasteiger partial charge in [-0.25, -0.2) is 15.0 Å². The topological polar surface area (TPSA) is 63.9 Å². The van der Waals surface area contributed by atoms with Crippen LogP contribution in [0.1, 0.15) is 23.8 Å². The second-order valence-corrected chi connectivity index (χ2v) is 5.94. The van der Waals surface area contributed by atoms with E-state index in [0.717, 1.165) is 16.0 Å². The van der Waals surface area contributed by atoms with E-state index in [-0.39, 0.29) is 24.0 Å². The van der Waals surface area contributed by atoms with E-state index in [1.807, 2.05) is 19.9 Å². The molecule has 0 fully saturated rings. The first-order valence-corrected chi connectivity index (χ1v) is 7.84. The Morgan fingerprint density at radius 1 is 1.35 bits per heavy atom. The Morgan fingerprint density at radius 3 is 2.61 bits per heavy atom. The molecular formula is C14H17F2N5OS. The summed E-state index contributed by atoms with van der Waals surface area (Å²) in [7, 11) is 1.55. The van der Waals surface area contributed by atoms with Gasteiger partial charge in [0.25, 0.3) is 0 Å². The lowest BCUT2D eigenvalue weighted by Gasteiger charge is -2.17. The summed E-state index contributed by atoms with van der Waals surface area (Å²) in [6, 6.07) is 1.85. The summed E-state index contributed by atoms with van der Waals surface area (Å²) in [5, 5.41) is 0.526. The van der Waals surface area contributed by atoms with Crippen LogP contribution in [-0.2, 0) is 11.3 Å². The summed E-state index contributed by atoms with van der Waals surface area (Å²) < 4.78 is 26.3. The Labute approximate surface area is 136 Å². The van der Waals surface area contributed by atoms with Crippen LogP contribution in [0.25, 0.3) is 0 Å². The molecule has 0 unspecified atom stereocenters. The molecule has 2 heterocycles. The molecule has 9 heteroatoms. The number of imidazole rings is 1. The summed E-state index contributed by atoms with van der Waals surface area (Å²) in [5.74, 6) is 0.0690. The Morgan fingerprint density at radius 2 is 2.00 bits per heavy atom. The summed E-state index contributed by atoms with van der Waals surface area (Å²) in [4.78, 5) is 25.8. The highest BCUT2D eigenvalue weighted by Gasteiger charge is 2.16. The van der Waals surface area contributed by atoms with Crippen LogP contribution < -0.4 is 0 Å². The SMILES string of the molecule is Cc1cc(C)nc(SCC(=O)N(C)Cc2nccn2C(F)F)n1. The maximum absolute atomic E-state index is 12.8. The van der Waals surface area contributed by atoms with Gasteiger partial charge in [0.15, 0.2) is 5.16 Å². The molecule has 6 nitrogen and oxygen atoms in total. The molecule has 2 aromatic heterocycles. The van der Waals surface area contributed by atoms with Crippen LogP contribution in [0.3, 0.4) is 0 Å². The van der Waals surface area contributed by atoms with Crippen LogP contribution in [0.4, 0.5) is 8.78 Å². The summed E-state index contributed by atoms with van der Waals surface area (Å²) in [5.41, 5.74) is 1.67. The number of rotatable bonds is 6. The van der Waals surface area contributed by atoms with E-state index in [2.05, 4.69) is 15.0 Å². The zero-order valence-electron chi connectivity index (χ0n) is 13.0. The Balaban J connectivity index is 1.93. The molecule has 23 heavy (non-hydrogen) atoms. The molecule has 0 atom stereocenters. The van der Waals surface area contributed by atoms with Crippen molar-refractivity contribution < 1.29 is 13.6 Å². The molecule has 2 aromatic rings. The normalized spacial score (nSPS) is 11.0. The van der Waals surface area contributed by atoms with E-state index >= 15 is 0 Å². The van der Waals surface area contributed by atoms with E-state index < -0.39 is 6.55 Å². The zero-order valence-corrected chi connectivity index (χ0v) is 13.8. The molecule has 0 saturated carbocycles. The Kier molecular flexibility index (Phi) is 5.64. The van der Waals surface area contributed by atoms with Gasteiger partial charge >= 0.3 is 6.55 Å². The van der Waals surface area contributed by atoms with Crippen molar-refractivity contribution in [3.8, 4) is 0 Å².